The number of carbonyl (C=O) groups is 1. The van der Waals surface area contributed by atoms with Crippen molar-refractivity contribution < 1.29 is 13.6 Å². The van der Waals surface area contributed by atoms with E-state index >= 15 is 0 Å². The molecule has 1 unspecified atom stereocenters. The van der Waals surface area contributed by atoms with Crippen LogP contribution in [0.25, 0.3) is 0 Å². The minimum absolute atomic E-state index is 0.0210. The van der Waals surface area contributed by atoms with Gasteiger partial charge in [0.05, 0.1) is 6.04 Å². The van der Waals surface area contributed by atoms with Gasteiger partial charge in [0, 0.05) is 39.0 Å². The normalized spacial score (nSPS) is 15.1. The number of amides is 1. The molecule has 2 aromatic carbocycles. The minimum Gasteiger partial charge on any atom is -0.346 e. The van der Waals surface area contributed by atoms with Gasteiger partial charge in [-0.25, -0.2) is 8.78 Å². The Morgan fingerprint density at radius 2 is 1.84 bits per heavy atom. The summed E-state index contributed by atoms with van der Waals surface area (Å²) in [6, 6.07) is 13.7. The Morgan fingerprint density at radius 3 is 2.62 bits per heavy atom. The van der Waals surface area contributed by atoms with Crippen LogP contribution in [-0.4, -0.2) is 38.7 Å². The van der Waals surface area contributed by atoms with Crippen LogP contribution in [0.5, 0.6) is 0 Å². The molecule has 0 aliphatic carbocycles. The molecule has 0 spiro atoms. The lowest BCUT2D eigenvalue weighted by molar-refractivity contribution is -0.121. The molecule has 0 saturated carbocycles. The van der Waals surface area contributed by atoms with Gasteiger partial charge in [0.1, 0.15) is 5.82 Å². The molecule has 8 heteroatoms. The Morgan fingerprint density at radius 1 is 1.03 bits per heavy atom. The summed E-state index contributed by atoms with van der Waals surface area (Å²) in [5.41, 5.74) is 1.87. The van der Waals surface area contributed by atoms with Crippen molar-refractivity contribution in [2.75, 3.05) is 13.1 Å². The maximum atomic E-state index is 13.5. The van der Waals surface area contributed by atoms with Crippen molar-refractivity contribution in [1.82, 2.24) is 25.0 Å². The van der Waals surface area contributed by atoms with Gasteiger partial charge in [-0.1, -0.05) is 36.4 Å². The molecule has 1 atom stereocenters. The Kier molecular flexibility index (Phi) is 6.90. The second-order valence-electron chi connectivity index (χ2n) is 8.18. The molecule has 4 rings (SSSR count). The van der Waals surface area contributed by atoms with E-state index in [-0.39, 0.29) is 11.9 Å². The zero-order valence-electron chi connectivity index (χ0n) is 18.1. The first-order valence-corrected chi connectivity index (χ1v) is 10.9. The summed E-state index contributed by atoms with van der Waals surface area (Å²) in [4.78, 5) is 14.6. The summed E-state index contributed by atoms with van der Waals surface area (Å²) in [6.45, 7) is 4.60. The largest absolute Gasteiger partial charge is 0.346 e. The zero-order chi connectivity index (χ0) is 22.5. The first kappa shape index (κ1) is 22.1. The molecule has 1 amide bonds. The summed E-state index contributed by atoms with van der Waals surface area (Å²) >= 11 is 0. The molecule has 168 valence electrons. The van der Waals surface area contributed by atoms with Gasteiger partial charge in [-0.2, -0.15) is 0 Å². The number of benzene rings is 2. The van der Waals surface area contributed by atoms with E-state index in [1.54, 1.807) is 6.07 Å². The van der Waals surface area contributed by atoms with E-state index in [0.717, 1.165) is 41.9 Å². The molecule has 0 bridgehead atoms. The van der Waals surface area contributed by atoms with Crippen molar-refractivity contribution in [3.8, 4) is 0 Å². The van der Waals surface area contributed by atoms with Crippen molar-refractivity contribution in [1.29, 1.82) is 0 Å². The molecule has 6 nitrogen and oxygen atoms in total. The monoisotopic (exact) mass is 439 g/mol. The highest BCUT2D eigenvalue weighted by Crippen LogP contribution is 2.18. The number of hydrogen-bond acceptors (Lipinski definition) is 4. The third-order valence-corrected chi connectivity index (χ3v) is 5.79. The molecule has 0 fully saturated rings. The zero-order valence-corrected chi connectivity index (χ0v) is 18.1. The summed E-state index contributed by atoms with van der Waals surface area (Å²) in [7, 11) is 0. The molecule has 1 N–H and O–H groups in total. The Bertz CT molecular complexity index is 1070. The van der Waals surface area contributed by atoms with Crippen molar-refractivity contribution >= 4 is 5.91 Å². The first-order valence-electron chi connectivity index (χ1n) is 10.9. The smallest absolute Gasteiger partial charge is 0.220 e. The van der Waals surface area contributed by atoms with E-state index in [0.29, 0.717) is 32.4 Å². The number of carbonyl (C=O) groups excluding carboxylic acids is 1. The van der Waals surface area contributed by atoms with E-state index in [2.05, 4.69) is 25.0 Å². The highest BCUT2D eigenvalue weighted by molar-refractivity contribution is 5.76. The van der Waals surface area contributed by atoms with Gasteiger partial charge >= 0.3 is 0 Å². The predicted octanol–water partition coefficient (Wildman–Crippen LogP) is 3.42. The molecule has 1 aliphatic rings. The van der Waals surface area contributed by atoms with Gasteiger partial charge in [0.15, 0.2) is 17.5 Å². The average molecular weight is 440 g/mol. The van der Waals surface area contributed by atoms with Gasteiger partial charge in [0.25, 0.3) is 0 Å². The second-order valence-corrected chi connectivity index (χ2v) is 8.18. The lowest BCUT2D eigenvalue weighted by Gasteiger charge is -2.20. The van der Waals surface area contributed by atoms with E-state index in [1.807, 2.05) is 37.3 Å². The van der Waals surface area contributed by atoms with Crippen LogP contribution in [0.3, 0.4) is 0 Å². The van der Waals surface area contributed by atoms with Gasteiger partial charge < -0.3 is 9.88 Å². The van der Waals surface area contributed by atoms with Crippen molar-refractivity contribution in [3.63, 3.8) is 0 Å². The topological polar surface area (TPSA) is 63.1 Å². The van der Waals surface area contributed by atoms with Gasteiger partial charge in [-0.05, 0) is 36.6 Å². The fourth-order valence-corrected chi connectivity index (χ4v) is 4.04. The molecule has 0 radical (unpaired) electrons. The summed E-state index contributed by atoms with van der Waals surface area (Å²) in [5, 5.41) is 11.7. The van der Waals surface area contributed by atoms with Gasteiger partial charge in [-0.3, -0.25) is 9.69 Å². The molecular weight excluding hydrogens is 412 g/mol. The van der Waals surface area contributed by atoms with E-state index in [1.165, 1.54) is 6.07 Å². The van der Waals surface area contributed by atoms with Crippen LogP contribution >= 0.6 is 0 Å². The maximum Gasteiger partial charge on any atom is 0.220 e. The van der Waals surface area contributed by atoms with Crippen LogP contribution in [0.1, 0.15) is 42.2 Å². The maximum absolute atomic E-state index is 13.5. The molecule has 0 saturated heterocycles. The van der Waals surface area contributed by atoms with Crippen molar-refractivity contribution in [2.45, 2.75) is 45.3 Å². The average Bonchev–Trinajstić information content (AvgIpc) is 3.10. The number of hydrogen-bond donors (Lipinski definition) is 1. The third-order valence-electron chi connectivity index (χ3n) is 5.79. The first-order chi connectivity index (χ1) is 15.5. The highest BCUT2D eigenvalue weighted by atomic mass is 19.2. The molecule has 1 aromatic heterocycles. The molecule has 1 aliphatic heterocycles. The van der Waals surface area contributed by atoms with Crippen LogP contribution in [-0.2, 0) is 30.7 Å². The Balaban J connectivity index is 1.34. The molecule has 32 heavy (non-hydrogen) atoms. The molecular formula is C24H27F2N5O. The third kappa shape index (κ3) is 5.37. The van der Waals surface area contributed by atoms with Crippen LogP contribution in [0.15, 0.2) is 48.5 Å². The highest BCUT2D eigenvalue weighted by Gasteiger charge is 2.23. The SMILES string of the molecule is CC(NC(=O)CCc1ccccc1)c1nnc2n1CCN(Cc1ccc(F)c(F)c1)CC2. The van der Waals surface area contributed by atoms with Gasteiger partial charge in [0.2, 0.25) is 5.91 Å². The number of nitrogens with zero attached hydrogens (tertiary/aromatic N) is 4. The number of fused-ring (bicyclic) bond motifs is 1. The summed E-state index contributed by atoms with van der Waals surface area (Å²) < 4.78 is 28.8. The van der Waals surface area contributed by atoms with Crippen LogP contribution in [0, 0.1) is 11.6 Å². The fourth-order valence-electron chi connectivity index (χ4n) is 4.04. The molecule has 3 aromatic rings. The fraction of sp³-hybridized carbons (Fsp3) is 0.375. The minimum atomic E-state index is -0.833. The van der Waals surface area contributed by atoms with Gasteiger partial charge in [-0.15, -0.1) is 10.2 Å². The summed E-state index contributed by atoms with van der Waals surface area (Å²) in [6.07, 6.45) is 1.80. The molecule has 2 heterocycles. The Labute approximate surface area is 186 Å². The van der Waals surface area contributed by atoms with Crippen LogP contribution in [0.2, 0.25) is 0 Å². The number of rotatable bonds is 7. The number of halogens is 2. The quantitative estimate of drug-likeness (QED) is 0.613. The lowest BCUT2D eigenvalue weighted by atomic mass is 10.1. The number of aryl methyl sites for hydroxylation is 1. The standard InChI is InChI=1S/C24H27F2N5O/c1-17(27-23(32)10-8-18-5-3-2-4-6-18)24-29-28-22-11-12-30(13-14-31(22)24)16-19-7-9-20(25)21(26)15-19/h2-7,9,15,17H,8,10-14,16H2,1H3,(H,27,32). The number of nitrogens with one attached hydrogen (secondary N) is 1. The van der Waals surface area contributed by atoms with Crippen molar-refractivity contribution in [2.24, 2.45) is 0 Å². The summed E-state index contributed by atoms with van der Waals surface area (Å²) in [5.74, 6) is -0.0676. The lowest BCUT2D eigenvalue weighted by Crippen LogP contribution is -2.30. The Hall–Kier alpha value is -3.13. The van der Waals surface area contributed by atoms with Crippen LogP contribution in [0.4, 0.5) is 8.78 Å². The van der Waals surface area contributed by atoms with E-state index in [4.69, 9.17) is 0 Å². The van der Waals surface area contributed by atoms with E-state index in [9.17, 15) is 13.6 Å². The van der Waals surface area contributed by atoms with E-state index < -0.39 is 11.6 Å². The van der Waals surface area contributed by atoms with Crippen molar-refractivity contribution in [3.05, 3.63) is 82.9 Å². The number of aromatic nitrogens is 3. The second kappa shape index (κ2) is 9.99. The van der Waals surface area contributed by atoms with Crippen LogP contribution < -0.4 is 5.32 Å². The predicted molar refractivity (Wildman–Crippen MR) is 117 cm³/mol.